The van der Waals surface area contributed by atoms with Crippen LogP contribution in [0.4, 0.5) is 55.3 Å². The van der Waals surface area contributed by atoms with Gasteiger partial charge in [-0.3, -0.25) is 4.79 Å². The zero-order chi connectivity index (χ0) is 25.6. The number of nitrogens with one attached hydrogen (secondary N) is 1. The number of nitrogens with zero attached hydrogens (tertiary/aromatic N) is 1. The molecule has 0 atom stereocenters. The van der Waals surface area contributed by atoms with Crippen LogP contribution in [0.2, 0.25) is 5.02 Å². The standard InChI is InChI=1S/C17H6BrClF10N2O2/c18-9-5-6(14(20,16(24,25)26)17(27,28)29)4-8(15(21,22)23)12(9)30-13(32)7-2-1-3-10(31-33)11(7)19/h1-5H,(H,30,32). The predicted molar refractivity (Wildman–Crippen MR) is 98.9 cm³/mol. The van der Waals surface area contributed by atoms with Crippen LogP contribution in [0.1, 0.15) is 21.5 Å². The maximum Gasteiger partial charge on any atom is 0.435 e. The van der Waals surface area contributed by atoms with Gasteiger partial charge >= 0.3 is 24.2 Å². The molecule has 0 radical (unpaired) electrons. The summed E-state index contributed by atoms with van der Waals surface area (Å²) in [5, 5.41) is 3.51. The second kappa shape index (κ2) is 8.74. The Morgan fingerprint density at radius 1 is 0.939 bits per heavy atom. The molecule has 33 heavy (non-hydrogen) atoms. The van der Waals surface area contributed by atoms with Gasteiger partial charge in [-0.2, -0.15) is 39.5 Å². The fourth-order valence-corrected chi connectivity index (χ4v) is 3.40. The van der Waals surface area contributed by atoms with Crippen LogP contribution in [-0.2, 0) is 11.8 Å². The van der Waals surface area contributed by atoms with Crippen molar-refractivity contribution in [1.82, 2.24) is 0 Å². The first kappa shape index (κ1) is 26.8. The van der Waals surface area contributed by atoms with Gasteiger partial charge in [-0.1, -0.05) is 17.7 Å². The number of hydrogen-bond donors (Lipinski definition) is 1. The lowest BCUT2D eigenvalue weighted by Gasteiger charge is -2.31. The molecule has 0 heterocycles. The van der Waals surface area contributed by atoms with Gasteiger partial charge in [-0.15, -0.1) is 4.91 Å². The van der Waals surface area contributed by atoms with Crippen molar-refractivity contribution in [1.29, 1.82) is 0 Å². The average Bonchev–Trinajstić information content (AvgIpc) is 2.66. The van der Waals surface area contributed by atoms with E-state index in [4.69, 9.17) is 11.6 Å². The fourth-order valence-electron chi connectivity index (χ4n) is 2.59. The van der Waals surface area contributed by atoms with Gasteiger partial charge in [-0.25, -0.2) is 4.39 Å². The molecule has 2 rings (SSSR count). The van der Waals surface area contributed by atoms with E-state index < -0.39 is 73.7 Å². The minimum Gasteiger partial charge on any atom is -0.320 e. The number of benzene rings is 2. The van der Waals surface area contributed by atoms with Crippen LogP contribution in [0.25, 0.3) is 0 Å². The molecule has 0 aliphatic rings. The molecule has 0 saturated heterocycles. The Labute approximate surface area is 190 Å². The summed E-state index contributed by atoms with van der Waals surface area (Å²) >= 11 is 8.08. The second-order valence-electron chi connectivity index (χ2n) is 6.22. The molecule has 0 saturated carbocycles. The summed E-state index contributed by atoms with van der Waals surface area (Å²) in [4.78, 5) is 23.0. The summed E-state index contributed by atoms with van der Waals surface area (Å²) in [6.07, 6.45) is -19.0. The zero-order valence-corrected chi connectivity index (χ0v) is 17.5. The number of halogens is 12. The highest BCUT2D eigenvalue weighted by Crippen LogP contribution is 2.55. The molecule has 0 fully saturated rings. The number of anilines is 1. The molecule has 0 bridgehead atoms. The van der Waals surface area contributed by atoms with E-state index in [0.29, 0.717) is 0 Å². The van der Waals surface area contributed by atoms with Crippen LogP contribution in [0.15, 0.2) is 40.0 Å². The van der Waals surface area contributed by atoms with Crippen LogP contribution in [0.3, 0.4) is 0 Å². The molecule has 0 aliphatic carbocycles. The lowest BCUT2D eigenvalue weighted by atomic mass is 9.92. The normalized spacial score (nSPS) is 13.1. The molecule has 16 heteroatoms. The van der Waals surface area contributed by atoms with Crippen molar-refractivity contribution >= 4 is 44.8 Å². The third kappa shape index (κ3) is 4.93. The summed E-state index contributed by atoms with van der Waals surface area (Å²) in [5.41, 5.74) is -13.2. The summed E-state index contributed by atoms with van der Waals surface area (Å²) in [6.45, 7) is 0. The van der Waals surface area contributed by atoms with Gasteiger partial charge in [0.05, 0.1) is 21.8 Å². The van der Waals surface area contributed by atoms with Gasteiger partial charge in [-0.05, 0) is 45.4 Å². The molecule has 2 aromatic carbocycles. The zero-order valence-electron chi connectivity index (χ0n) is 15.2. The lowest BCUT2D eigenvalue weighted by Crippen LogP contribution is -2.50. The number of carbonyl (C=O) groups is 1. The van der Waals surface area contributed by atoms with Crippen molar-refractivity contribution in [3.05, 3.63) is 61.4 Å². The number of amides is 1. The van der Waals surface area contributed by atoms with Crippen molar-refractivity contribution in [3.8, 4) is 0 Å². The minimum atomic E-state index is -6.67. The van der Waals surface area contributed by atoms with Gasteiger partial charge in [0.1, 0.15) is 5.69 Å². The van der Waals surface area contributed by atoms with Gasteiger partial charge in [0, 0.05) is 10.0 Å². The molecule has 0 aromatic heterocycles. The van der Waals surface area contributed by atoms with E-state index in [1.165, 1.54) is 0 Å². The number of carbonyl (C=O) groups excluding carboxylic acids is 1. The maximum atomic E-state index is 14.3. The second-order valence-corrected chi connectivity index (χ2v) is 7.45. The van der Waals surface area contributed by atoms with Crippen LogP contribution in [0.5, 0.6) is 0 Å². The Hall–Kier alpha value is -2.42. The summed E-state index contributed by atoms with van der Waals surface area (Å²) < 4.78 is 132. The number of alkyl halides is 10. The van der Waals surface area contributed by atoms with E-state index in [9.17, 15) is 53.6 Å². The number of hydrogen-bond acceptors (Lipinski definition) is 3. The lowest BCUT2D eigenvalue weighted by molar-refractivity contribution is -0.348. The number of rotatable bonds is 4. The van der Waals surface area contributed by atoms with Gasteiger partial charge in [0.15, 0.2) is 0 Å². The topological polar surface area (TPSA) is 58.5 Å². The van der Waals surface area contributed by atoms with Crippen LogP contribution < -0.4 is 5.32 Å². The molecular formula is C17H6BrClF10N2O2. The third-order valence-corrected chi connectivity index (χ3v) is 5.16. The van der Waals surface area contributed by atoms with Crippen molar-refractivity contribution in [3.63, 3.8) is 0 Å². The van der Waals surface area contributed by atoms with E-state index in [0.717, 1.165) is 18.2 Å². The van der Waals surface area contributed by atoms with Crippen molar-refractivity contribution < 1.29 is 48.7 Å². The molecule has 0 aliphatic heterocycles. The van der Waals surface area contributed by atoms with Crippen molar-refractivity contribution in [2.24, 2.45) is 5.18 Å². The Balaban J connectivity index is 2.72. The fraction of sp³-hybridized carbons (Fsp3) is 0.235. The molecule has 0 spiro atoms. The molecule has 2 aromatic rings. The highest BCUT2D eigenvalue weighted by Gasteiger charge is 2.73. The average molecular weight is 576 g/mol. The van der Waals surface area contributed by atoms with Crippen molar-refractivity contribution in [2.75, 3.05) is 5.32 Å². The van der Waals surface area contributed by atoms with Crippen LogP contribution in [-0.4, -0.2) is 18.3 Å². The first-order valence-corrected chi connectivity index (χ1v) is 9.20. The van der Waals surface area contributed by atoms with Gasteiger partial charge in [0.25, 0.3) is 5.91 Å². The highest BCUT2D eigenvalue weighted by molar-refractivity contribution is 9.10. The number of nitroso groups, excluding NO2 is 1. The van der Waals surface area contributed by atoms with Gasteiger partial charge in [0.2, 0.25) is 0 Å². The smallest absolute Gasteiger partial charge is 0.320 e. The largest absolute Gasteiger partial charge is 0.435 e. The van der Waals surface area contributed by atoms with E-state index in [-0.39, 0.29) is 6.07 Å². The Morgan fingerprint density at radius 2 is 1.48 bits per heavy atom. The first-order chi connectivity index (χ1) is 14.9. The summed E-state index contributed by atoms with van der Waals surface area (Å²) in [5.74, 6) is -1.43. The molecule has 0 unspecified atom stereocenters. The highest BCUT2D eigenvalue weighted by atomic mass is 79.9. The van der Waals surface area contributed by atoms with E-state index in [1.807, 2.05) is 0 Å². The van der Waals surface area contributed by atoms with E-state index >= 15 is 0 Å². The summed E-state index contributed by atoms with van der Waals surface area (Å²) in [7, 11) is 0. The Bertz CT molecular complexity index is 1080. The third-order valence-electron chi connectivity index (χ3n) is 4.13. The molecule has 180 valence electrons. The van der Waals surface area contributed by atoms with Crippen LogP contribution >= 0.6 is 27.5 Å². The molecular weight excluding hydrogens is 570 g/mol. The predicted octanol–water partition coefficient (Wildman–Crippen LogP) is 8.06. The quantitative estimate of drug-likeness (QED) is 0.296. The van der Waals surface area contributed by atoms with Gasteiger partial charge < -0.3 is 5.32 Å². The maximum absolute atomic E-state index is 14.3. The Morgan fingerprint density at radius 3 is 1.94 bits per heavy atom. The summed E-state index contributed by atoms with van der Waals surface area (Å²) in [6, 6.07) is 2.16. The van der Waals surface area contributed by atoms with Crippen LogP contribution in [0, 0.1) is 4.91 Å². The van der Waals surface area contributed by atoms with E-state index in [1.54, 1.807) is 5.32 Å². The Kier molecular flexibility index (Phi) is 7.11. The minimum absolute atomic E-state index is 0.198. The van der Waals surface area contributed by atoms with E-state index in [2.05, 4.69) is 21.1 Å². The van der Waals surface area contributed by atoms with Crippen molar-refractivity contribution in [2.45, 2.75) is 24.2 Å². The monoisotopic (exact) mass is 574 g/mol. The SMILES string of the molecule is O=Nc1cccc(C(=O)Nc2c(Br)cc(C(F)(C(F)(F)F)C(F)(F)F)cc2C(F)(F)F)c1Cl. The molecule has 1 N–H and O–H groups in total. The first-order valence-electron chi connectivity index (χ1n) is 8.03. The molecule has 1 amide bonds. The molecule has 4 nitrogen and oxygen atoms in total.